The number of carbonyl (C=O) groups excluding carboxylic acids is 2. The highest BCUT2D eigenvalue weighted by atomic mass is 16.5. The second-order valence-electron chi connectivity index (χ2n) is 5.78. The Hall–Kier alpha value is -2.62. The largest absolute Gasteiger partial charge is 0.493 e. The van der Waals surface area contributed by atoms with Crippen LogP contribution in [0.2, 0.25) is 0 Å². The smallest absolute Gasteiger partial charge is 0.311 e. The number of aryl methyl sites for hydroxylation is 2. The van der Waals surface area contributed by atoms with Gasteiger partial charge in [0, 0.05) is 12.0 Å². The van der Waals surface area contributed by atoms with Gasteiger partial charge >= 0.3 is 5.97 Å². The van der Waals surface area contributed by atoms with Crippen molar-refractivity contribution in [1.29, 1.82) is 0 Å². The highest BCUT2D eigenvalue weighted by molar-refractivity contribution is 5.94. The van der Waals surface area contributed by atoms with Gasteiger partial charge in [0.1, 0.15) is 11.5 Å². The van der Waals surface area contributed by atoms with E-state index in [1.165, 1.54) is 12.5 Å². The zero-order valence-electron chi connectivity index (χ0n) is 14.3. The second-order valence-corrected chi connectivity index (χ2v) is 5.78. The van der Waals surface area contributed by atoms with E-state index in [0.29, 0.717) is 24.3 Å². The van der Waals surface area contributed by atoms with Crippen molar-refractivity contribution in [2.24, 2.45) is 0 Å². The molecule has 2 aromatic carbocycles. The first-order chi connectivity index (χ1) is 11.5. The van der Waals surface area contributed by atoms with Gasteiger partial charge in [-0.2, -0.15) is 0 Å². The Balaban J connectivity index is 1.74. The molecular formula is C20H22O4. The van der Waals surface area contributed by atoms with Crippen LogP contribution in [0.3, 0.4) is 0 Å². The maximum Gasteiger partial charge on any atom is 0.311 e. The summed E-state index contributed by atoms with van der Waals surface area (Å²) in [5, 5.41) is 0. The summed E-state index contributed by atoms with van der Waals surface area (Å²) in [6, 6.07) is 12.6. The van der Waals surface area contributed by atoms with Crippen LogP contribution in [-0.4, -0.2) is 18.4 Å². The third kappa shape index (κ3) is 5.23. The highest BCUT2D eigenvalue weighted by Gasteiger charge is 2.07. The van der Waals surface area contributed by atoms with Crippen LogP contribution in [0, 0.1) is 13.8 Å². The molecular weight excluding hydrogens is 304 g/mol. The number of hydrogen-bond acceptors (Lipinski definition) is 4. The van der Waals surface area contributed by atoms with E-state index in [1.54, 1.807) is 24.3 Å². The molecule has 0 bridgehead atoms. The molecule has 4 heteroatoms. The maximum atomic E-state index is 11.8. The Morgan fingerprint density at radius 2 is 1.71 bits per heavy atom. The van der Waals surface area contributed by atoms with Crippen LogP contribution in [0.25, 0.3) is 0 Å². The number of rotatable bonds is 7. The minimum Gasteiger partial charge on any atom is -0.493 e. The number of Topliss-reactive ketones (excluding diaryl/α,β-unsaturated/α-hetero) is 1. The quantitative estimate of drug-likeness (QED) is 0.330. The van der Waals surface area contributed by atoms with Gasteiger partial charge in [0.2, 0.25) is 0 Å². The van der Waals surface area contributed by atoms with E-state index in [2.05, 4.69) is 6.07 Å². The molecule has 0 fully saturated rings. The number of benzene rings is 2. The van der Waals surface area contributed by atoms with E-state index in [9.17, 15) is 9.59 Å². The lowest BCUT2D eigenvalue weighted by Gasteiger charge is -2.09. The Kier molecular flexibility index (Phi) is 6.13. The molecule has 0 amide bonds. The summed E-state index contributed by atoms with van der Waals surface area (Å²) in [5.74, 6) is 0.959. The average molecular weight is 326 g/mol. The van der Waals surface area contributed by atoms with E-state index < -0.39 is 0 Å². The topological polar surface area (TPSA) is 52.6 Å². The van der Waals surface area contributed by atoms with Gasteiger partial charge in [0.15, 0.2) is 5.78 Å². The van der Waals surface area contributed by atoms with Crippen molar-refractivity contribution in [1.82, 2.24) is 0 Å². The fraction of sp³-hybridized carbons (Fsp3) is 0.300. The molecule has 0 N–H and O–H groups in total. The van der Waals surface area contributed by atoms with E-state index in [1.807, 2.05) is 26.0 Å². The van der Waals surface area contributed by atoms with Crippen LogP contribution in [0.5, 0.6) is 11.5 Å². The van der Waals surface area contributed by atoms with Crippen LogP contribution in [0.15, 0.2) is 42.5 Å². The number of ether oxygens (including phenoxy) is 2. The maximum absolute atomic E-state index is 11.8. The van der Waals surface area contributed by atoms with Gasteiger partial charge in [-0.05, 0) is 63.1 Å². The Labute approximate surface area is 142 Å². The number of hydrogen-bond donors (Lipinski definition) is 0. The number of carbonyl (C=O) groups is 2. The molecule has 0 aliphatic heterocycles. The minimum atomic E-state index is -0.310. The van der Waals surface area contributed by atoms with Crippen molar-refractivity contribution in [3.05, 3.63) is 59.2 Å². The van der Waals surface area contributed by atoms with Gasteiger partial charge in [-0.1, -0.05) is 17.7 Å². The van der Waals surface area contributed by atoms with Crippen LogP contribution >= 0.6 is 0 Å². The van der Waals surface area contributed by atoms with Crippen molar-refractivity contribution in [2.45, 2.75) is 33.6 Å². The molecule has 0 atom stereocenters. The van der Waals surface area contributed by atoms with Gasteiger partial charge in [-0.25, -0.2) is 0 Å². The normalized spacial score (nSPS) is 10.3. The second kappa shape index (κ2) is 8.29. The van der Waals surface area contributed by atoms with E-state index in [-0.39, 0.29) is 18.2 Å². The predicted octanol–water partition coefficient (Wildman–Crippen LogP) is 4.27. The van der Waals surface area contributed by atoms with Gasteiger partial charge in [0.05, 0.1) is 6.61 Å². The summed E-state index contributed by atoms with van der Waals surface area (Å²) in [7, 11) is 0. The lowest BCUT2D eigenvalue weighted by molar-refractivity contribution is -0.134. The molecule has 4 nitrogen and oxygen atoms in total. The van der Waals surface area contributed by atoms with Crippen LogP contribution < -0.4 is 9.47 Å². The van der Waals surface area contributed by atoms with Crippen molar-refractivity contribution < 1.29 is 19.1 Å². The lowest BCUT2D eigenvalue weighted by Crippen LogP contribution is -2.10. The summed E-state index contributed by atoms with van der Waals surface area (Å²) in [4.78, 5) is 23.0. The minimum absolute atomic E-state index is 0.0172. The van der Waals surface area contributed by atoms with Gasteiger partial charge in [-0.15, -0.1) is 0 Å². The lowest BCUT2D eigenvalue weighted by atomic mass is 10.1. The fourth-order valence-corrected chi connectivity index (χ4v) is 2.30. The third-order valence-electron chi connectivity index (χ3n) is 3.61. The third-order valence-corrected chi connectivity index (χ3v) is 3.61. The molecule has 0 unspecified atom stereocenters. The van der Waals surface area contributed by atoms with Crippen molar-refractivity contribution in [3.63, 3.8) is 0 Å². The zero-order valence-corrected chi connectivity index (χ0v) is 14.3. The highest BCUT2D eigenvalue weighted by Crippen LogP contribution is 2.19. The van der Waals surface area contributed by atoms with Crippen molar-refractivity contribution in [3.8, 4) is 11.5 Å². The Bertz CT molecular complexity index is 717. The molecule has 2 rings (SSSR count). The SMILES string of the molecule is CC(=O)c1ccc(OC(=O)CCCOc2ccc(C)cc2C)cc1. The molecule has 0 heterocycles. The summed E-state index contributed by atoms with van der Waals surface area (Å²) in [6.45, 7) is 6.00. The predicted molar refractivity (Wildman–Crippen MR) is 92.7 cm³/mol. The first-order valence-corrected chi connectivity index (χ1v) is 7.97. The molecule has 0 aliphatic carbocycles. The van der Waals surface area contributed by atoms with E-state index in [0.717, 1.165) is 11.3 Å². The Morgan fingerprint density at radius 3 is 2.33 bits per heavy atom. The first-order valence-electron chi connectivity index (χ1n) is 7.97. The molecule has 0 saturated carbocycles. The average Bonchev–Trinajstić information content (AvgIpc) is 2.53. The van der Waals surface area contributed by atoms with E-state index >= 15 is 0 Å². The summed E-state index contributed by atoms with van der Waals surface area (Å²) < 4.78 is 10.9. The summed E-state index contributed by atoms with van der Waals surface area (Å²) in [5.41, 5.74) is 2.87. The van der Waals surface area contributed by atoms with Crippen LogP contribution in [-0.2, 0) is 4.79 Å². The molecule has 0 radical (unpaired) electrons. The zero-order chi connectivity index (χ0) is 17.5. The van der Waals surface area contributed by atoms with Crippen molar-refractivity contribution >= 4 is 11.8 Å². The molecule has 126 valence electrons. The molecule has 0 saturated heterocycles. The molecule has 0 aromatic heterocycles. The molecule has 24 heavy (non-hydrogen) atoms. The molecule has 2 aromatic rings. The van der Waals surface area contributed by atoms with Crippen molar-refractivity contribution in [2.75, 3.05) is 6.61 Å². The van der Waals surface area contributed by atoms with E-state index in [4.69, 9.17) is 9.47 Å². The van der Waals surface area contributed by atoms with Crippen LogP contribution in [0.4, 0.5) is 0 Å². The Morgan fingerprint density at radius 1 is 1.00 bits per heavy atom. The number of esters is 1. The van der Waals surface area contributed by atoms with Crippen LogP contribution in [0.1, 0.15) is 41.3 Å². The fourth-order valence-electron chi connectivity index (χ4n) is 2.30. The molecule has 0 aliphatic rings. The summed E-state index contributed by atoms with van der Waals surface area (Å²) >= 11 is 0. The van der Waals surface area contributed by atoms with Gasteiger partial charge in [0.25, 0.3) is 0 Å². The monoisotopic (exact) mass is 326 g/mol. The number of ketones is 1. The van der Waals surface area contributed by atoms with Gasteiger partial charge in [-0.3, -0.25) is 9.59 Å². The standard InChI is InChI=1S/C20H22O4/c1-14-6-11-19(15(2)13-14)23-12-4-5-20(22)24-18-9-7-17(8-10-18)16(3)21/h6-11,13H,4-5,12H2,1-3H3. The summed E-state index contributed by atoms with van der Waals surface area (Å²) in [6.07, 6.45) is 0.858. The van der Waals surface area contributed by atoms with Gasteiger partial charge < -0.3 is 9.47 Å². The molecule has 0 spiro atoms. The first kappa shape index (κ1) is 17.7.